The molecule has 0 heterocycles. The number of hydrogen-bond acceptors (Lipinski definition) is 17. The minimum atomic E-state index is -1.56. The first-order valence-corrected chi connectivity index (χ1v) is 16.2. The molecule has 0 saturated carbocycles. The van der Waals surface area contributed by atoms with Crippen molar-refractivity contribution in [3.63, 3.8) is 0 Å². The molecule has 0 aromatic rings. The van der Waals surface area contributed by atoms with Gasteiger partial charge in [-0.1, -0.05) is 0 Å². The molecule has 26 N–H and O–H groups in total. The lowest BCUT2D eigenvalue weighted by Crippen LogP contribution is -2.56. The van der Waals surface area contributed by atoms with Crippen LogP contribution in [-0.4, -0.2) is 95.2 Å². The van der Waals surface area contributed by atoms with Gasteiger partial charge in [0.25, 0.3) is 11.8 Å². The number of carbonyl (C=O) groups is 10. The Morgan fingerprint density at radius 1 is 0.364 bits per heavy atom. The van der Waals surface area contributed by atoms with Gasteiger partial charge in [-0.05, 0) is 32.1 Å². The Balaban J connectivity index is 6.11. The van der Waals surface area contributed by atoms with Gasteiger partial charge < -0.3 is 32.7 Å². The average Bonchev–Trinajstić information content (AvgIpc) is 3.17. The maximum absolute atomic E-state index is 13.4. The Labute approximate surface area is 312 Å². The molecule has 0 aliphatic heterocycles. The summed E-state index contributed by atoms with van der Waals surface area (Å²) < 4.78 is 0. The van der Waals surface area contributed by atoms with Gasteiger partial charge in [0.05, 0.1) is 0 Å². The lowest BCUT2D eigenvalue weighted by Gasteiger charge is -2.24. The number of carbonyl (C=O) groups excluding carboxylic acids is 10. The molecular weight excluding hydrogens is 738 g/mol. The minimum absolute atomic E-state index is 0.265. The maximum atomic E-state index is 13.4. The average molecular weight is 790 g/mol. The van der Waals surface area contributed by atoms with E-state index in [0.717, 1.165) is 0 Å². The smallest absolute Gasteiger partial charge is 0.256 e. The van der Waals surface area contributed by atoms with Crippen molar-refractivity contribution in [2.45, 2.75) is 94.4 Å². The van der Waals surface area contributed by atoms with Crippen molar-refractivity contribution in [2.24, 2.45) is 51.5 Å². The van der Waals surface area contributed by atoms with Crippen molar-refractivity contribution in [3.05, 3.63) is 0 Å². The van der Waals surface area contributed by atoms with E-state index < -0.39 is 115 Å². The molecule has 55 heavy (non-hydrogen) atoms. The highest BCUT2D eigenvalue weighted by molar-refractivity contribution is 5.95. The summed E-state index contributed by atoms with van der Waals surface area (Å²) in [4.78, 5) is 128. The fourth-order valence-electron chi connectivity index (χ4n) is 4.45. The van der Waals surface area contributed by atoms with Crippen LogP contribution in [0.2, 0.25) is 0 Å². The third-order valence-electron chi connectivity index (χ3n) is 7.37. The van der Waals surface area contributed by atoms with Gasteiger partial charge in [-0.2, -0.15) is 0 Å². The van der Waals surface area contributed by atoms with Gasteiger partial charge in [0.2, 0.25) is 47.3 Å². The van der Waals surface area contributed by atoms with E-state index in [1.165, 1.54) is 0 Å². The van der Waals surface area contributed by atoms with E-state index in [4.69, 9.17) is 46.5 Å². The Kier molecular flexibility index (Phi) is 23.5. The van der Waals surface area contributed by atoms with Crippen LogP contribution in [0.15, 0.2) is 4.99 Å². The molecule has 29 heteroatoms. The van der Waals surface area contributed by atoms with Crippen LogP contribution < -0.4 is 100 Å². The summed E-state index contributed by atoms with van der Waals surface area (Å²) in [6.07, 6.45) is -3.71. The quantitative estimate of drug-likeness (QED) is 0.0134. The van der Waals surface area contributed by atoms with E-state index in [0.29, 0.717) is 0 Å². The molecule has 0 aliphatic rings. The summed E-state index contributed by atoms with van der Waals surface area (Å²) in [5.74, 6) is 21.5. The van der Waals surface area contributed by atoms with Crippen molar-refractivity contribution in [2.75, 3.05) is 0 Å². The van der Waals surface area contributed by atoms with Gasteiger partial charge in [0, 0.05) is 32.1 Å². The summed E-state index contributed by atoms with van der Waals surface area (Å²) in [5, 5.41) is 9.33. The normalized spacial score (nSPS) is 13.1. The van der Waals surface area contributed by atoms with Crippen LogP contribution in [0.25, 0.3) is 0 Å². The largest absolute Gasteiger partial charge is 0.370 e. The van der Waals surface area contributed by atoms with Crippen LogP contribution in [0.1, 0.15) is 64.2 Å². The topological polar surface area (TPSA) is 512 Å². The van der Waals surface area contributed by atoms with Gasteiger partial charge in [0.15, 0.2) is 5.96 Å². The molecule has 310 valence electrons. The van der Waals surface area contributed by atoms with Gasteiger partial charge in [0.1, 0.15) is 30.2 Å². The Bertz CT molecular complexity index is 1410. The molecule has 0 saturated heterocycles. The van der Waals surface area contributed by atoms with E-state index in [1.807, 2.05) is 32.6 Å². The summed E-state index contributed by atoms with van der Waals surface area (Å²) >= 11 is 0. The second-order valence-corrected chi connectivity index (χ2v) is 11.4. The first-order valence-electron chi connectivity index (χ1n) is 16.2. The van der Waals surface area contributed by atoms with E-state index in [2.05, 4.69) is 26.3 Å². The van der Waals surface area contributed by atoms with E-state index in [9.17, 15) is 47.9 Å². The number of amides is 10. The minimum Gasteiger partial charge on any atom is -0.370 e. The van der Waals surface area contributed by atoms with Crippen LogP contribution in [0.4, 0.5) is 0 Å². The standard InChI is InChI=1S/C26H51N19O10/c27-26(28)39-13(23(53)36-12(3-8-18(48)41-30)22(52)38-15(25(55)45-34)5-10-20(50)43-32)1-6-16(46)35-11(2-7-17(47)40-29)21(51)37-14(24(54)44-33)4-9-19(49)42-31/h11-15H,1-10,29-34H2,(H,35,46)(H,36,53)(H,37,51)(H,38,52)(H,40,47)(H,41,48)(H,42,49)(H,43,50)(H,44,54)(H,45,55)(H4,27,28,39)/t11-,12-,13-,14-,15-/m0/s1. The zero-order valence-electron chi connectivity index (χ0n) is 29.6. The van der Waals surface area contributed by atoms with E-state index in [1.54, 1.807) is 0 Å². The van der Waals surface area contributed by atoms with Crippen molar-refractivity contribution >= 4 is 65.0 Å². The summed E-state index contributed by atoms with van der Waals surface area (Å²) in [6.45, 7) is 0. The van der Waals surface area contributed by atoms with Crippen LogP contribution in [0, 0.1) is 0 Å². The van der Waals surface area contributed by atoms with Crippen molar-refractivity contribution in [1.29, 1.82) is 0 Å². The van der Waals surface area contributed by atoms with Crippen LogP contribution in [-0.2, 0) is 47.9 Å². The molecule has 0 aromatic heterocycles. The molecule has 5 atom stereocenters. The number of nitrogens with zero attached hydrogens (tertiary/aromatic N) is 1. The number of nitrogens with two attached hydrogens (primary N) is 8. The van der Waals surface area contributed by atoms with Gasteiger partial charge in [-0.25, -0.2) is 40.0 Å². The molecule has 0 unspecified atom stereocenters. The number of hydrazine groups is 6. The van der Waals surface area contributed by atoms with Gasteiger partial charge in [-0.15, -0.1) is 0 Å². The van der Waals surface area contributed by atoms with Gasteiger partial charge >= 0.3 is 0 Å². The lowest BCUT2D eigenvalue weighted by atomic mass is 10.0. The summed E-state index contributed by atoms with van der Waals surface area (Å²) in [6, 6.07) is -7.37. The maximum Gasteiger partial charge on any atom is 0.256 e. The number of guanidine groups is 1. The zero-order chi connectivity index (χ0) is 42.1. The van der Waals surface area contributed by atoms with Crippen molar-refractivity contribution in [3.8, 4) is 0 Å². The first kappa shape index (κ1) is 48.7. The molecule has 0 rings (SSSR count). The van der Waals surface area contributed by atoms with Gasteiger partial charge in [-0.3, -0.25) is 80.5 Å². The second-order valence-electron chi connectivity index (χ2n) is 11.4. The highest BCUT2D eigenvalue weighted by atomic mass is 16.2. The molecule has 0 aliphatic carbocycles. The van der Waals surface area contributed by atoms with Crippen LogP contribution in [0.3, 0.4) is 0 Å². The molecular formula is C26H51N19O10. The third-order valence-corrected chi connectivity index (χ3v) is 7.37. The van der Waals surface area contributed by atoms with E-state index >= 15 is 0 Å². The van der Waals surface area contributed by atoms with Crippen molar-refractivity contribution in [1.82, 2.24) is 53.8 Å². The molecule has 0 fully saturated rings. The highest BCUT2D eigenvalue weighted by Gasteiger charge is 2.31. The summed E-state index contributed by atoms with van der Waals surface area (Å²) in [5.41, 5.74) is 22.1. The SMILES string of the molecule is NNC(=O)CC[C@H](NC(=O)CC[C@H](N=C(N)N)C(=O)N[C@@H](CCC(=O)NN)C(=O)N[C@@H](CCC(=O)NN)C(=O)NN)C(=O)N[C@@H](CCC(=O)NN)C(=O)NN. The molecule has 0 aromatic carbocycles. The zero-order valence-corrected chi connectivity index (χ0v) is 29.6. The third kappa shape index (κ3) is 20.0. The molecule has 0 radical (unpaired) electrons. The number of rotatable bonds is 25. The van der Waals surface area contributed by atoms with E-state index in [-0.39, 0.29) is 44.9 Å². The number of aliphatic imine (C=N–C) groups is 1. The molecule has 0 spiro atoms. The Morgan fingerprint density at radius 3 is 0.964 bits per heavy atom. The number of hydrogen-bond donors (Lipinski definition) is 18. The second kappa shape index (κ2) is 26.5. The first-order chi connectivity index (χ1) is 26.0. The fraction of sp³-hybridized carbons (Fsp3) is 0.577. The Morgan fingerprint density at radius 2 is 0.655 bits per heavy atom. The predicted molar refractivity (Wildman–Crippen MR) is 187 cm³/mol. The fourth-order valence-corrected chi connectivity index (χ4v) is 4.45. The molecule has 29 nitrogen and oxygen atoms in total. The highest BCUT2D eigenvalue weighted by Crippen LogP contribution is 2.09. The van der Waals surface area contributed by atoms with Crippen LogP contribution in [0.5, 0.6) is 0 Å². The lowest BCUT2D eigenvalue weighted by molar-refractivity contribution is -0.134. The Hall–Kier alpha value is -6.27. The monoisotopic (exact) mass is 789 g/mol. The molecule has 10 amide bonds. The van der Waals surface area contributed by atoms with Crippen LogP contribution >= 0.6 is 0 Å². The summed E-state index contributed by atoms with van der Waals surface area (Å²) in [7, 11) is 0. The molecule has 0 bridgehead atoms. The predicted octanol–water partition coefficient (Wildman–Crippen LogP) is -10.6. The van der Waals surface area contributed by atoms with Crippen molar-refractivity contribution < 1.29 is 47.9 Å². The number of nitrogens with one attached hydrogen (secondary N) is 10.